The lowest BCUT2D eigenvalue weighted by molar-refractivity contribution is 0.192. The van der Waals surface area contributed by atoms with Crippen LogP contribution in [0.3, 0.4) is 0 Å². The van der Waals surface area contributed by atoms with Crippen LogP contribution in [0.1, 0.15) is 35.1 Å². The number of aliphatic hydroxyl groups excluding tert-OH is 1. The van der Waals surface area contributed by atoms with Crippen molar-refractivity contribution in [2.24, 2.45) is 0 Å². The molecule has 0 radical (unpaired) electrons. The zero-order valence-corrected chi connectivity index (χ0v) is 17.8. The first-order valence-electron chi connectivity index (χ1n) is 10.1. The van der Waals surface area contributed by atoms with E-state index in [2.05, 4.69) is 21.1 Å². The zero-order chi connectivity index (χ0) is 20.6. The van der Waals surface area contributed by atoms with Gasteiger partial charge >= 0.3 is 0 Å². The van der Waals surface area contributed by atoms with Gasteiger partial charge in [-0.25, -0.2) is 13.4 Å². The highest BCUT2D eigenvalue weighted by molar-refractivity contribution is 7.89. The Kier molecular flexibility index (Phi) is 5.65. The number of aromatic nitrogens is 2. The Morgan fingerprint density at radius 1 is 1.17 bits per heavy atom. The largest absolute Gasteiger partial charge is 0.360 e. The highest BCUT2D eigenvalue weighted by Gasteiger charge is 2.27. The van der Waals surface area contributed by atoms with Crippen molar-refractivity contribution in [2.75, 3.05) is 26.0 Å². The summed E-state index contributed by atoms with van der Waals surface area (Å²) in [5, 5.41) is 13.4. The average molecular weight is 420 g/mol. The number of imidazole rings is 1. The van der Waals surface area contributed by atoms with Crippen LogP contribution in [0.15, 0.2) is 23.6 Å². The van der Waals surface area contributed by atoms with Gasteiger partial charge in [-0.15, -0.1) is 0 Å². The number of anilines is 1. The van der Waals surface area contributed by atoms with Crippen LogP contribution in [0.2, 0.25) is 0 Å². The van der Waals surface area contributed by atoms with Crippen LogP contribution >= 0.6 is 0 Å². The number of aliphatic hydroxyl groups is 1. The maximum Gasteiger partial charge on any atom is 0.263 e. The third-order valence-electron chi connectivity index (χ3n) is 5.71. The predicted octanol–water partition coefficient (Wildman–Crippen LogP) is 1.09. The molecular formula is C20H29N5O3S. The third kappa shape index (κ3) is 4.32. The number of hydrogen-bond donors (Lipinski definition) is 3. The predicted molar refractivity (Wildman–Crippen MR) is 111 cm³/mol. The van der Waals surface area contributed by atoms with E-state index < -0.39 is 16.4 Å². The molecule has 8 nitrogen and oxygen atoms in total. The summed E-state index contributed by atoms with van der Waals surface area (Å²) in [6, 6.07) is 2.30. The van der Waals surface area contributed by atoms with Gasteiger partial charge in [0.05, 0.1) is 6.33 Å². The van der Waals surface area contributed by atoms with E-state index in [1.807, 2.05) is 19.0 Å². The number of sulfonamides is 1. The lowest BCUT2D eigenvalue weighted by Gasteiger charge is -2.21. The van der Waals surface area contributed by atoms with Gasteiger partial charge in [0.2, 0.25) is 0 Å². The number of nitrogens with zero attached hydrogens (tertiary/aromatic N) is 3. The average Bonchev–Trinajstić information content (AvgIpc) is 3.39. The van der Waals surface area contributed by atoms with E-state index in [9.17, 15) is 13.5 Å². The summed E-state index contributed by atoms with van der Waals surface area (Å²) >= 11 is 0. The van der Waals surface area contributed by atoms with Crippen molar-refractivity contribution in [3.05, 3.63) is 40.8 Å². The summed E-state index contributed by atoms with van der Waals surface area (Å²) in [5.41, 5.74) is 6.00. The highest BCUT2D eigenvalue weighted by Crippen LogP contribution is 2.38. The second-order valence-electron chi connectivity index (χ2n) is 8.16. The summed E-state index contributed by atoms with van der Waals surface area (Å²) in [7, 11) is -0.0263. The van der Waals surface area contributed by atoms with Crippen molar-refractivity contribution in [3.8, 4) is 0 Å². The van der Waals surface area contributed by atoms with Gasteiger partial charge in [-0.05, 0) is 74.9 Å². The summed E-state index contributed by atoms with van der Waals surface area (Å²) in [4.78, 5) is 6.01. The molecule has 29 heavy (non-hydrogen) atoms. The van der Waals surface area contributed by atoms with E-state index in [1.54, 1.807) is 4.57 Å². The van der Waals surface area contributed by atoms with E-state index in [0.717, 1.165) is 50.8 Å². The molecule has 0 bridgehead atoms. The molecule has 9 heteroatoms. The first-order valence-corrected chi connectivity index (χ1v) is 11.6. The molecule has 0 aliphatic heterocycles. The molecule has 0 spiro atoms. The van der Waals surface area contributed by atoms with E-state index in [-0.39, 0.29) is 5.03 Å². The zero-order valence-electron chi connectivity index (χ0n) is 17.0. The standard InChI is InChI=1S/C20H29N5O3S/c1-24(2)9-10-25-12-18(21-13-25)29(27,28)23-20(26)22-19-16-7-3-5-14(16)11-15-6-4-8-17(15)19/h11-13,20,22-23,26H,3-10H2,1-2H3. The molecule has 0 fully saturated rings. The SMILES string of the molecule is CN(C)CCn1cnc(S(=O)(=O)NC(O)Nc2c3c(cc4c2CCC4)CCC3)c1. The smallest absolute Gasteiger partial charge is 0.263 e. The summed E-state index contributed by atoms with van der Waals surface area (Å²) in [5.74, 6) is 0. The van der Waals surface area contributed by atoms with Crippen LogP contribution in [-0.4, -0.2) is 55.0 Å². The topological polar surface area (TPSA) is 99.5 Å². The molecule has 3 N–H and O–H groups in total. The van der Waals surface area contributed by atoms with Gasteiger partial charge in [-0.1, -0.05) is 6.07 Å². The van der Waals surface area contributed by atoms with Gasteiger partial charge in [0.1, 0.15) is 0 Å². The lowest BCUT2D eigenvalue weighted by Crippen LogP contribution is -2.40. The van der Waals surface area contributed by atoms with Gasteiger partial charge in [-0.2, -0.15) is 4.72 Å². The molecule has 1 aromatic carbocycles. The Balaban J connectivity index is 1.48. The van der Waals surface area contributed by atoms with Crippen LogP contribution in [0.5, 0.6) is 0 Å². The minimum atomic E-state index is -3.93. The third-order valence-corrected chi connectivity index (χ3v) is 7.01. The minimum Gasteiger partial charge on any atom is -0.360 e. The van der Waals surface area contributed by atoms with Crippen molar-refractivity contribution in [1.82, 2.24) is 19.2 Å². The number of benzene rings is 1. The molecule has 158 valence electrons. The second-order valence-corrected chi connectivity index (χ2v) is 9.82. The molecule has 1 unspecified atom stereocenters. The van der Waals surface area contributed by atoms with Crippen LogP contribution in [0.4, 0.5) is 5.69 Å². The van der Waals surface area contributed by atoms with Crippen LogP contribution < -0.4 is 10.0 Å². The summed E-state index contributed by atoms with van der Waals surface area (Å²) in [6.07, 6.45) is 7.77. The Morgan fingerprint density at radius 3 is 2.45 bits per heavy atom. The Hall–Kier alpha value is -1.94. The fraction of sp³-hybridized carbons (Fsp3) is 0.550. The maximum atomic E-state index is 12.7. The van der Waals surface area contributed by atoms with E-state index in [1.165, 1.54) is 34.8 Å². The van der Waals surface area contributed by atoms with Crippen LogP contribution in [0, 0.1) is 0 Å². The molecule has 0 saturated heterocycles. The van der Waals surface area contributed by atoms with Crippen molar-refractivity contribution in [3.63, 3.8) is 0 Å². The molecule has 2 aliphatic rings. The fourth-order valence-electron chi connectivity index (χ4n) is 4.28. The van der Waals surface area contributed by atoms with Crippen LogP contribution in [-0.2, 0) is 42.3 Å². The highest BCUT2D eigenvalue weighted by atomic mass is 32.2. The monoisotopic (exact) mass is 419 g/mol. The second kappa shape index (κ2) is 8.06. The quantitative estimate of drug-likeness (QED) is 0.554. The van der Waals surface area contributed by atoms with Gasteiger partial charge in [0, 0.05) is 25.0 Å². The maximum absolute atomic E-state index is 12.7. The van der Waals surface area contributed by atoms with Crippen molar-refractivity contribution >= 4 is 15.7 Å². The Bertz CT molecular complexity index is 968. The molecule has 1 atom stereocenters. The van der Waals surface area contributed by atoms with Crippen molar-refractivity contribution < 1.29 is 13.5 Å². The van der Waals surface area contributed by atoms with Crippen LogP contribution in [0.25, 0.3) is 0 Å². The van der Waals surface area contributed by atoms with Crippen molar-refractivity contribution in [1.29, 1.82) is 0 Å². The van der Waals surface area contributed by atoms with Gasteiger partial charge in [0.25, 0.3) is 10.0 Å². The number of rotatable bonds is 8. The van der Waals surface area contributed by atoms with E-state index in [4.69, 9.17) is 0 Å². The van der Waals surface area contributed by atoms with Gasteiger partial charge in [0.15, 0.2) is 11.4 Å². The summed E-state index contributed by atoms with van der Waals surface area (Å²) < 4.78 is 29.3. The molecule has 2 aliphatic carbocycles. The number of hydrogen-bond acceptors (Lipinski definition) is 6. The molecule has 0 saturated carbocycles. The van der Waals surface area contributed by atoms with E-state index in [0.29, 0.717) is 6.54 Å². The molecular weight excluding hydrogens is 390 g/mol. The first kappa shape index (κ1) is 20.3. The molecule has 1 heterocycles. The number of aryl methyl sites for hydroxylation is 2. The number of likely N-dealkylation sites (N-methyl/N-ethyl adjacent to an activating group) is 1. The normalized spacial score (nSPS) is 16.8. The lowest BCUT2D eigenvalue weighted by atomic mass is 9.99. The first-order chi connectivity index (χ1) is 13.8. The van der Waals surface area contributed by atoms with Gasteiger partial charge in [-0.3, -0.25) is 0 Å². The number of fused-ring (bicyclic) bond motifs is 2. The minimum absolute atomic E-state index is 0.0966. The molecule has 1 aromatic heterocycles. The van der Waals surface area contributed by atoms with E-state index >= 15 is 0 Å². The van der Waals surface area contributed by atoms with Crippen molar-refractivity contribution in [2.45, 2.75) is 56.4 Å². The van der Waals surface area contributed by atoms with Gasteiger partial charge < -0.3 is 19.9 Å². The molecule has 0 amide bonds. The molecule has 2 aromatic rings. The Labute approximate surface area is 172 Å². The number of nitrogens with one attached hydrogen (secondary N) is 2. The summed E-state index contributed by atoms with van der Waals surface area (Å²) in [6.45, 7) is 1.41. The fourth-order valence-corrected chi connectivity index (χ4v) is 5.21. The molecule has 4 rings (SSSR count). The Morgan fingerprint density at radius 2 is 1.83 bits per heavy atom.